The molecule has 0 aliphatic rings. The lowest BCUT2D eigenvalue weighted by Crippen LogP contribution is -2.28. The van der Waals surface area contributed by atoms with Crippen molar-refractivity contribution in [3.8, 4) is 0 Å². The molecule has 0 aromatic rings. The molecule has 0 fully saturated rings. The number of unbranched alkanes of at least 4 members (excludes halogenated alkanes) is 23. The molecule has 0 aromatic heterocycles. The fourth-order valence-electron chi connectivity index (χ4n) is 9.68. The van der Waals surface area contributed by atoms with Gasteiger partial charge in [-0.15, -0.1) is 0 Å². The molecule has 0 aliphatic heterocycles. The van der Waals surface area contributed by atoms with Gasteiger partial charge in [0.05, 0.1) is 6.61 Å². The minimum absolute atomic E-state index is 0.0785. The first kappa shape index (κ1) is 84.5. The second kappa shape index (κ2) is 77.7. The maximum Gasteiger partial charge on any atom is 0.306 e. The van der Waals surface area contributed by atoms with Gasteiger partial charge in [-0.05, 0) is 148 Å². The average Bonchev–Trinajstić information content (AvgIpc) is 3.60. The van der Waals surface area contributed by atoms with Gasteiger partial charge in [0.15, 0.2) is 6.10 Å². The van der Waals surface area contributed by atoms with Crippen molar-refractivity contribution in [2.45, 2.75) is 302 Å². The van der Waals surface area contributed by atoms with Gasteiger partial charge < -0.3 is 14.6 Å². The van der Waals surface area contributed by atoms with Crippen molar-refractivity contribution in [3.63, 3.8) is 0 Å². The number of esters is 2. The van der Waals surface area contributed by atoms with Gasteiger partial charge in [-0.3, -0.25) is 9.59 Å². The highest BCUT2D eigenvalue weighted by molar-refractivity contribution is 5.70. The molecule has 0 radical (unpaired) electrons. The number of aliphatic hydroxyl groups excluding tert-OH is 1. The van der Waals surface area contributed by atoms with Crippen molar-refractivity contribution in [1.82, 2.24) is 0 Å². The summed E-state index contributed by atoms with van der Waals surface area (Å²) in [6.07, 6.45) is 124. The first-order valence-electron chi connectivity index (χ1n) is 36.6. The molecule has 0 aliphatic carbocycles. The summed E-state index contributed by atoms with van der Waals surface area (Å²) in [6, 6.07) is 0. The van der Waals surface area contributed by atoms with Gasteiger partial charge in [-0.25, -0.2) is 0 Å². The summed E-state index contributed by atoms with van der Waals surface area (Å²) in [5.41, 5.74) is 0. The smallest absolute Gasteiger partial charge is 0.306 e. The zero-order valence-corrected chi connectivity index (χ0v) is 57.8. The van der Waals surface area contributed by atoms with Gasteiger partial charge in [0.2, 0.25) is 0 Å². The minimum Gasteiger partial charge on any atom is -0.462 e. The van der Waals surface area contributed by atoms with Crippen LogP contribution in [0.15, 0.2) is 207 Å². The molecule has 1 unspecified atom stereocenters. The Kier molecular flexibility index (Phi) is 73.0. The monoisotopic (exact) mass is 1240 g/mol. The fourth-order valence-corrected chi connectivity index (χ4v) is 9.68. The molecular weight excluding hydrogens is 1100 g/mol. The number of hydrogen-bond acceptors (Lipinski definition) is 5. The first-order chi connectivity index (χ1) is 44.6. The summed E-state index contributed by atoms with van der Waals surface area (Å²) in [5.74, 6) is -0.603. The predicted molar refractivity (Wildman–Crippen MR) is 398 cm³/mol. The van der Waals surface area contributed by atoms with E-state index in [1.54, 1.807) is 0 Å². The maximum atomic E-state index is 12.4. The third kappa shape index (κ3) is 74.9. The molecule has 1 N–H and O–H groups in total. The van der Waals surface area contributed by atoms with Crippen LogP contribution in [0.5, 0.6) is 0 Å². The highest BCUT2D eigenvalue weighted by Crippen LogP contribution is 2.16. The summed E-state index contributed by atoms with van der Waals surface area (Å²) >= 11 is 0. The van der Waals surface area contributed by atoms with Crippen LogP contribution in [-0.4, -0.2) is 36.4 Å². The van der Waals surface area contributed by atoms with E-state index in [-0.39, 0.29) is 25.2 Å². The topological polar surface area (TPSA) is 72.8 Å². The molecule has 90 heavy (non-hydrogen) atoms. The van der Waals surface area contributed by atoms with Gasteiger partial charge in [0.25, 0.3) is 0 Å². The molecular formula is C85H134O5. The zero-order valence-electron chi connectivity index (χ0n) is 57.8. The van der Waals surface area contributed by atoms with Crippen molar-refractivity contribution in [3.05, 3.63) is 207 Å². The van der Waals surface area contributed by atoms with Gasteiger partial charge in [-0.2, -0.15) is 0 Å². The van der Waals surface area contributed by atoms with Crippen LogP contribution in [0.4, 0.5) is 0 Å². The van der Waals surface area contributed by atoms with Crippen LogP contribution < -0.4 is 0 Å². The number of aliphatic hydroxyl groups is 1. The van der Waals surface area contributed by atoms with Gasteiger partial charge in [-0.1, -0.05) is 342 Å². The quantitative estimate of drug-likeness (QED) is 0.0373. The average molecular weight is 1240 g/mol. The molecule has 504 valence electrons. The van der Waals surface area contributed by atoms with Crippen molar-refractivity contribution in [2.24, 2.45) is 0 Å². The molecule has 0 spiro atoms. The molecule has 1 atom stereocenters. The van der Waals surface area contributed by atoms with E-state index in [2.05, 4.69) is 220 Å². The minimum atomic E-state index is -0.791. The van der Waals surface area contributed by atoms with Crippen molar-refractivity contribution in [2.75, 3.05) is 13.2 Å². The number of carbonyl (C=O) groups excluding carboxylic acids is 2. The number of allylic oxidation sites excluding steroid dienone is 34. The molecule has 0 bridgehead atoms. The van der Waals surface area contributed by atoms with E-state index >= 15 is 0 Å². The Morgan fingerprint density at radius 1 is 0.256 bits per heavy atom. The van der Waals surface area contributed by atoms with E-state index in [4.69, 9.17) is 9.47 Å². The fraction of sp³-hybridized carbons (Fsp3) is 0.576. The van der Waals surface area contributed by atoms with Crippen LogP contribution in [0.1, 0.15) is 296 Å². The summed E-state index contributed by atoms with van der Waals surface area (Å²) in [4.78, 5) is 24.7. The number of ether oxygens (including phenoxy) is 2. The summed E-state index contributed by atoms with van der Waals surface area (Å²) in [6.45, 7) is 3.91. The van der Waals surface area contributed by atoms with Crippen LogP contribution in [0.3, 0.4) is 0 Å². The van der Waals surface area contributed by atoms with Crippen molar-refractivity contribution in [1.29, 1.82) is 0 Å². The summed E-state index contributed by atoms with van der Waals surface area (Å²) in [7, 11) is 0. The van der Waals surface area contributed by atoms with E-state index in [1.165, 1.54) is 122 Å². The van der Waals surface area contributed by atoms with E-state index < -0.39 is 6.10 Å². The van der Waals surface area contributed by atoms with E-state index in [1.807, 2.05) is 0 Å². The summed E-state index contributed by atoms with van der Waals surface area (Å²) < 4.78 is 10.8. The summed E-state index contributed by atoms with van der Waals surface area (Å²) in [5, 5.41) is 9.72. The molecule has 5 heteroatoms. The number of hydrogen-bond donors (Lipinski definition) is 1. The van der Waals surface area contributed by atoms with Crippen LogP contribution in [0.25, 0.3) is 0 Å². The van der Waals surface area contributed by atoms with Crippen LogP contribution in [-0.2, 0) is 19.1 Å². The molecule has 0 rings (SSSR count). The van der Waals surface area contributed by atoms with Gasteiger partial charge in [0, 0.05) is 12.8 Å². The third-order valence-electron chi connectivity index (χ3n) is 15.1. The van der Waals surface area contributed by atoms with Gasteiger partial charge >= 0.3 is 11.9 Å². The van der Waals surface area contributed by atoms with Crippen molar-refractivity contribution >= 4 is 11.9 Å². The first-order valence-corrected chi connectivity index (χ1v) is 36.6. The molecule has 0 saturated carbocycles. The second-order valence-corrected chi connectivity index (χ2v) is 23.6. The second-order valence-electron chi connectivity index (χ2n) is 23.6. The molecule has 0 amide bonds. The lowest BCUT2D eigenvalue weighted by molar-refractivity contribution is -0.161. The Balaban J connectivity index is 3.57. The van der Waals surface area contributed by atoms with E-state index in [0.29, 0.717) is 12.8 Å². The highest BCUT2D eigenvalue weighted by atomic mass is 16.6. The van der Waals surface area contributed by atoms with Crippen LogP contribution in [0.2, 0.25) is 0 Å². The van der Waals surface area contributed by atoms with Crippen LogP contribution >= 0.6 is 0 Å². The lowest BCUT2D eigenvalue weighted by atomic mass is 10.0. The molecule has 0 aromatic carbocycles. The SMILES string of the molecule is CC/C=C\C/C=C\C/C=C\C/C=C\C/C=C\C/C=C\C/C=C\C/C=C\C/C=C\C/C=C\CCCCCCCCCCCCC(=O)OC(CO)COC(=O)CCCCCCCCCCCCCCC/C=C\C/C=C\C/C=C\C/C=C\C/C=C\C/C=C\C/C=C\CC. The predicted octanol–water partition coefficient (Wildman–Crippen LogP) is 26.1. The zero-order chi connectivity index (χ0) is 64.7. The van der Waals surface area contributed by atoms with E-state index in [9.17, 15) is 14.7 Å². The Bertz CT molecular complexity index is 2090. The Labute approximate surface area is 555 Å². The van der Waals surface area contributed by atoms with Crippen molar-refractivity contribution < 1.29 is 24.2 Å². The third-order valence-corrected chi connectivity index (χ3v) is 15.1. The number of rotatable bonds is 65. The largest absolute Gasteiger partial charge is 0.462 e. The Hall–Kier alpha value is -5.52. The lowest BCUT2D eigenvalue weighted by Gasteiger charge is -2.15. The van der Waals surface area contributed by atoms with Gasteiger partial charge in [0.1, 0.15) is 6.61 Å². The molecule has 5 nitrogen and oxygen atoms in total. The Morgan fingerprint density at radius 3 is 0.667 bits per heavy atom. The highest BCUT2D eigenvalue weighted by Gasteiger charge is 2.16. The number of carbonyl (C=O) groups is 2. The molecule has 0 heterocycles. The van der Waals surface area contributed by atoms with E-state index in [0.717, 1.165) is 148 Å². The maximum absolute atomic E-state index is 12.4. The standard InChI is InChI=1S/C85H134O5/c1-3-5-7-9-11-13-15-17-19-21-23-25-27-29-31-33-35-37-39-40-41-42-43-44-46-48-50-52-54-56-58-60-62-64-66-68-70-72-74-76-78-80-85(88)90-83(81-86)82-89-84(87)79-77-75-73-71-69-67-65-63-61-59-57-55-53-51-49-47-45-38-36-34-32-30-28-26-24-22-20-18-16-14-12-10-8-6-4-2/h5-8,11-14,17-20,23-26,29-32,35-38,40-41,43-44,47-50,54,56,83,86H,3-4,9-10,15-16,21-22,27-28,33-34,39,42,45-46,51-53,55,57-82H2,1-2H3/b7-5-,8-6-,13-11-,14-12-,19-17-,20-18-,25-23-,26-24-,31-29-,32-30-,37-35-,38-36-,41-40-,44-43-,49-47-,50-48-,56-54-. The van der Waals surface area contributed by atoms with Crippen LogP contribution in [0, 0.1) is 0 Å². The normalized spacial score (nSPS) is 13.5. The molecule has 0 saturated heterocycles. The Morgan fingerprint density at radius 2 is 0.444 bits per heavy atom.